The summed E-state index contributed by atoms with van der Waals surface area (Å²) in [5.41, 5.74) is -1.50. The molecule has 2 aromatic rings. The van der Waals surface area contributed by atoms with Crippen LogP contribution in [0.4, 0.5) is 26.3 Å². The van der Waals surface area contributed by atoms with E-state index >= 15 is 0 Å². The number of nitrogens with one attached hydrogen (secondary N) is 1. The van der Waals surface area contributed by atoms with Gasteiger partial charge in [0.2, 0.25) is 0 Å². The van der Waals surface area contributed by atoms with Gasteiger partial charge in [0.05, 0.1) is 28.7 Å². The van der Waals surface area contributed by atoms with Gasteiger partial charge in [-0.2, -0.15) is 31.4 Å². The van der Waals surface area contributed by atoms with Crippen LogP contribution in [0, 0.1) is 5.92 Å². The molecule has 0 atom stereocenters. The predicted molar refractivity (Wildman–Crippen MR) is 139 cm³/mol. The fourth-order valence-electron chi connectivity index (χ4n) is 4.84. The number of amides is 1. The summed E-state index contributed by atoms with van der Waals surface area (Å²) in [6, 6.07) is 3.39. The number of alkyl halides is 6. The Kier molecular flexibility index (Phi) is 9.65. The number of sulfone groups is 1. The molecule has 1 fully saturated rings. The Morgan fingerprint density at radius 2 is 1.80 bits per heavy atom. The number of aliphatic hydroxyl groups is 1. The van der Waals surface area contributed by atoms with E-state index in [2.05, 4.69) is 10.4 Å². The first-order valence-corrected chi connectivity index (χ1v) is 14.9. The van der Waals surface area contributed by atoms with E-state index in [-0.39, 0.29) is 72.1 Å². The molecule has 1 aromatic heterocycles. The van der Waals surface area contributed by atoms with Crippen molar-refractivity contribution < 1.29 is 49.4 Å². The first kappa shape index (κ1) is 33.0. The van der Waals surface area contributed by atoms with Gasteiger partial charge in [0.1, 0.15) is 15.6 Å². The average Bonchev–Trinajstić information content (AvgIpc) is 3.20. The minimum Gasteiger partial charge on any atom is -0.496 e. The molecule has 1 aliphatic carbocycles. The minimum atomic E-state index is -5.50. The van der Waals surface area contributed by atoms with E-state index in [0.717, 1.165) is 18.4 Å². The summed E-state index contributed by atoms with van der Waals surface area (Å²) in [4.78, 5) is 13.0. The lowest BCUT2D eigenvalue weighted by Crippen LogP contribution is -2.47. The molecular weight excluding hydrogens is 604 g/mol. The van der Waals surface area contributed by atoms with Gasteiger partial charge in [0.25, 0.3) is 5.91 Å². The summed E-state index contributed by atoms with van der Waals surface area (Å²) >= 11 is 6.51. The van der Waals surface area contributed by atoms with Crippen molar-refractivity contribution in [3.05, 3.63) is 34.5 Å². The fraction of sp³-hybridized carbons (Fsp3) is 0.600. The molecule has 0 saturated heterocycles. The van der Waals surface area contributed by atoms with E-state index in [1.807, 2.05) is 0 Å². The number of halogens is 7. The summed E-state index contributed by atoms with van der Waals surface area (Å²) in [6.07, 6.45) is -10.4. The molecule has 0 bridgehead atoms. The van der Waals surface area contributed by atoms with Crippen molar-refractivity contribution in [3.8, 4) is 17.0 Å². The van der Waals surface area contributed by atoms with Crippen LogP contribution < -0.4 is 10.1 Å². The molecule has 1 saturated carbocycles. The van der Waals surface area contributed by atoms with Crippen LogP contribution in [0.15, 0.2) is 18.2 Å². The Bertz CT molecular complexity index is 1350. The number of methoxy groups -OCH3 is 1. The van der Waals surface area contributed by atoms with Crippen molar-refractivity contribution in [1.82, 2.24) is 15.1 Å². The Morgan fingerprint density at radius 3 is 2.29 bits per heavy atom. The molecule has 1 heterocycles. The van der Waals surface area contributed by atoms with Crippen molar-refractivity contribution in [2.24, 2.45) is 5.92 Å². The van der Waals surface area contributed by atoms with E-state index in [1.165, 1.54) is 17.9 Å². The van der Waals surface area contributed by atoms with E-state index in [1.54, 1.807) is 6.92 Å². The maximum absolute atomic E-state index is 13.1. The first-order valence-electron chi connectivity index (χ1n) is 12.6. The van der Waals surface area contributed by atoms with Gasteiger partial charge in [0.15, 0.2) is 11.6 Å². The van der Waals surface area contributed by atoms with Crippen LogP contribution in [0.25, 0.3) is 11.3 Å². The summed E-state index contributed by atoms with van der Waals surface area (Å²) in [7, 11) is -2.07. The highest BCUT2D eigenvalue weighted by atomic mass is 35.5. The van der Waals surface area contributed by atoms with Crippen molar-refractivity contribution in [2.75, 3.05) is 19.9 Å². The van der Waals surface area contributed by atoms with Crippen LogP contribution >= 0.6 is 11.6 Å². The summed E-state index contributed by atoms with van der Waals surface area (Å²) in [6.45, 7) is 1.67. The second-order valence-corrected chi connectivity index (χ2v) is 12.8. The molecule has 1 amide bonds. The number of rotatable bonds is 9. The lowest BCUT2D eigenvalue weighted by Gasteiger charge is -2.35. The molecule has 16 heteroatoms. The Morgan fingerprint density at radius 1 is 1.22 bits per heavy atom. The number of hydrogen-bond donors (Lipinski definition) is 2. The monoisotopic (exact) mass is 633 g/mol. The molecule has 0 spiro atoms. The lowest BCUT2D eigenvalue weighted by molar-refractivity contribution is -0.283. The summed E-state index contributed by atoms with van der Waals surface area (Å²) < 4.78 is 109. The zero-order valence-electron chi connectivity index (χ0n) is 22.4. The Labute approximate surface area is 237 Å². The Hall–Kier alpha value is -2.52. The topological polar surface area (TPSA) is 111 Å². The van der Waals surface area contributed by atoms with Gasteiger partial charge in [-0.25, -0.2) is 8.42 Å². The van der Waals surface area contributed by atoms with E-state index < -0.39 is 51.3 Å². The van der Waals surface area contributed by atoms with Gasteiger partial charge >= 0.3 is 12.4 Å². The van der Waals surface area contributed by atoms with Crippen LogP contribution in [0.5, 0.6) is 5.75 Å². The normalized spacial score (nSPS) is 20.3. The highest BCUT2D eigenvalue weighted by Crippen LogP contribution is 2.43. The standard InChI is InChI=1S/C25H30ClF6N3O5S/c1-4-35-21(16-6-5-14(11-17(16)40-2)12-18(24(27,28)29)25(30,31)32)19(26)20(34-35)22(36)33-13-23(37)9-7-15(8-10-23)41(3,38)39/h5-6,11,15,18,37H,4,7-10,12-13H2,1-3H3,(H,33,36)/t15-,23+. The predicted octanol–water partition coefficient (Wildman–Crippen LogP) is 4.96. The third kappa shape index (κ3) is 7.66. The highest BCUT2D eigenvalue weighted by Gasteiger charge is 2.56. The van der Waals surface area contributed by atoms with Gasteiger partial charge in [0, 0.05) is 24.9 Å². The fourth-order valence-corrected chi connectivity index (χ4v) is 6.26. The average molecular weight is 634 g/mol. The highest BCUT2D eigenvalue weighted by molar-refractivity contribution is 7.91. The molecule has 230 valence electrons. The Balaban J connectivity index is 1.85. The zero-order chi connectivity index (χ0) is 31.0. The van der Waals surface area contributed by atoms with Crippen LogP contribution in [0.2, 0.25) is 5.02 Å². The number of benzene rings is 1. The summed E-state index contributed by atoms with van der Waals surface area (Å²) in [5, 5.41) is 16.9. The van der Waals surface area contributed by atoms with Crippen LogP contribution in [-0.2, 0) is 22.8 Å². The van der Waals surface area contributed by atoms with Gasteiger partial charge in [-0.15, -0.1) is 0 Å². The van der Waals surface area contributed by atoms with Gasteiger partial charge in [-0.05, 0) is 56.7 Å². The van der Waals surface area contributed by atoms with E-state index in [4.69, 9.17) is 16.3 Å². The van der Waals surface area contributed by atoms with Crippen LogP contribution in [0.3, 0.4) is 0 Å². The van der Waals surface area contributed by atoms with Crippen molar-refractivity contribution in [1.29, 1.82) is 0 Å². The third-order valence-electron chi connectivity index (χ3n) is 7.21. The molecule has 41 heavy (non-hydrogen) atoms. The molecule has 0 unspecified atom stereocenters. The van der Waals surface area contributed by atoms with Crippen molar-refractivity contribution in [2.45, 2.75) is 68.8 Å². The number of hydrogen-bond acceptors (Lipinski definition) is 6. The maximum atomic E-state index is 13.1. The molecule has 0 radical (unpaired) electrons. The molecule has 3 rings (SSSR count). The zero-order valence-corrected chi connectivity index (χ0v) is 23.9. The number of ether oxygens (including phenoxy) is 1. The van der Waals surface area contributed by atoms with E-state index in [9.17, 15) is 44.7 Å². The first-order chi connectivity index (χ1) is 18.8. The van der Waals surface area contributed by atoms with Gasteiger partial charge < -0.3 is 15.2 Å². The van der Waals surface area contributed by atoms with Crippen molar-refractivity contribution >= 4 is 27.3 Å². The third-order valence-corrected chi connectivity index (χ3v) is 9.25. The second kappa shape index (κ2) is 12.0. The molecule has 1 aliphatic rings. The minimum absolute atomic E-state index is 0.0778. The largest absolute Gasteiger partial charge is 0.496 e. The second-order valence-electron chi connectivity index (χ2n) is 10.1. The summed E-state index contributed by atoms with van der Waals surface area (Å²) in [5.74, 6) is -4.39. The lowest BCUT2D eigenvalue weighted by atomic mass is 9.84. The molecule has 1 aromatic carbocycles. The molecule has 2 N–H and O–H groups in total. The number of aromatic nitrogens is 2. The number of carbonyl (C=O) groups excluding carboxylic acids is 1. The SMILES string of the molecule is CCn1nc(C(=O)NC[C@]2(O)CC[C@@H](S(C)(=O)=O)CC2)c(Cl)c1-c1ccc(CC(C(F)(F)F)C(F)(F)F)cc1OC. The number of aryl methyl sites for hydroxylation is 1. The molecular formula is C25H30ClF6N3O5S. The maximum Gasteiger partial charge on any atom is 0.400 e. The number of carbonyl (C=O) groups is 1. The van der Waals surface area contributed by atoms with Gasteiger partial charge in [-0.3, -0.25) is 9.48 Å². The number of nitrogens with zero attached hydrogens (tertiary/aromatic N) is 2. The van der Waals surface area contributed by atoms with Crippen molar-refractivity contribution in [3.63, 3.8) is 0 Å². The van der Waals surface area contributed by atoms with Gasteiger partial charge in [-0.1, -0.05) is 17.7 Å². The molecule has 0 aliphatic heterocycles. The smallest absolute Gasteiger partial charge is 0.400 e. The van der Waals surface area contributed by atoms with E-state index in [0.29, 0.717) is 0 Å². The quantitative estimate of drug-likeness (QED) is 0.378. The van der Waals surface area contributed by atoms with Crippen LogP contribution in [-0.4, -0.2) is 72.3 Å². The van der Waals surface area contributed by atoms with Crippen LogP contribution in [0.1, 0.15) is 48.7 Å². The molecule has 8 nitrogen and oxygen atoms in total.